The molecule has 1 fully saturated rings. The van der Waals surface area contributed by atoms with Crippen molar-refractivity contribution in [1.82, 2.24) is 19.6 Å². The normalized spacial score (nSPS) is 15.5. The predicted molar refractivity (Wildman–Crippen MR) is 111 cm³/mol. The number of rotatable bonds is 4. The van der Waals surface area contributed by atoms with E-state index in [9.17, 15) is 14.0 Å². The van der Waals surface area contributed by atoms with Gasteiger partial charge in [-0.1, -0.05) is 0 Å². The van der Waals surface area contributed by atoms with Gasteiger partial charge in [0.25, 0.3) is 5.56 Å². The van der Waals surface area contributed by atoms with Gasteiger partial charge in [0.15, 0.2) is 4.96 Å². The van der Waals surface area contributed by atoms with Crippen LogP contribution in [0.4, 0.5) is 14.9 Å². The molecule has 1 saturated heterocycles. The number of urea groups is 1. The number of aromatic nitrogens is 2. The van der Waals surface area contributed by atoms with E-state index in [2.05, 4.69) is 20.5 Å². The van der Waals surface area contributed by atoms with Crippen molar-refractivity contribution >= 4 is 28.0 Å². The van der Waals surface area contributed by atoms with Gasteiger partial charge >= 0.3 is 6.03 Å². The van der Waals surface area contributed by atoms with Gasteiger partial charge < -0.3 is 10.6 Å². The Balaban J connectivity index is 1.28. The molecule has 152 valence electrons. The van der Waals surface area contributed by atoms with E-state index in [1.54, 1.807) is 10.5 Å². The molecular weight excluding hydrogens is 393 g/mol. The lowest BCUT2D eigenvalue weighted by Crippen LogP contribution is -2.45. The van der Waals surface area contributed by atoms with Gasteiger partial charge in [-0.15, -0.1) is 11.3 Å². The van der Waals surface area contributed by atoms with E-state index < -0.39 is 0 Å². The van der Waals surface area contributed by atoms with Crippen LogP contribution in [0.5, 0.6) is 0 Å². The molecule has 9 heteroatoms. The molecular formula is C20H22FN5O2S. The number of hydrogen-bond acceptors (Lipinski definition) is 5. The van der Waals surface area contributed by atoms with Crippen molar-refractivity contribution in [3.05, 3.63) is 63.3 Å². The highest BCUT2D eigenvalue weighted by molar-refractivity contribution is 7.15. The number of likely N-dealkylation sites (tertiary alicyclic amines) is 1. The topological polar surface area (TPSA) is 78.7 Å². The minimum Gasteiger partial charge on any atom is -0.335 e. The van der Waals surface area contributed by atoms with Crippen molar-refractivity contribution in [2.24, 2.45) is 0 Å². The summed E-state index contributed by atoms with van der Waals surface area (Å²) in [6.45, 7) is 4.14. The molecule has 0 unspecified atom stereocenters. The lowest BCUT2D eigenvalue weighted by atomic mass is 10.1. The molecule has 3 aromatic rings. The minimum atomic E-state index is -0.339. The first-order chi connectivity index (χ1) is 14.0. The number of amides is 2. The zero-order valence-corrected chi connectivity index (χ0v) is 16.8. The SMILES string of the molecule is Cc1csc2nc(CN3CCC(NC(=O)Nc4ccc(F)cc4)CC3)cc(=O)n12. The van der Waals surface area contributed by atoms with E-state index in [0.29, 0.717) is 12.2 Å². The second kappa shape index (κ2) is 8.30. The van der Waals surface area contributed by atoms with Crippen LogP contribution in [0.1, 0.15) is 24.2 Å². The molecule has 2 N–H and O–H groups in total. The number of fused-ring (bicyclic) bond motifs is 1. The highest BCUT2D eigenvalue weighted by Crippen LogP contribution is 2.16. The largest absolute Gasteiger partial charge is 0.335 e. The van der Waals surface area contributed by atoms with Crippen LogP contribution in [0.3, 0.4) is 0 Å². The molecule has 1 aliphatic heterocycles. The van der Waals surface area contributed by atoms with Gasteiger partial charge in [0.2, 0.25) is 0 Å². The van der Waals surface area contributed by atoms with Crippen molar-refractivity contribution in [3.63, 3.8) is 0 Å². The summed E-state index contributed by atoms with van der Waals surface area (Å²) in [6.07, 6.45) is 1.63. The third-order valence-corrected chi connectivity index (χ3v) is 5.98. The van der Waals surface area contributed by atoms with Crippen molar-refractivity contribution in [2.45, 2.75) is 32.4 Å². The third kappa shape index (κ3) is 4.63. The average molecular weight is 415 g/mol. The van der Waals surface area contributed by atoms with Crippen LogP contribution in [-0.2, 0) is 6.54 Å². The van der Waals surface area contributed by atoms with E-state index in [1.807, 2.05) is 12.3 Å². The lowest BCUT2D eigenvalue weighted by Gasteiger charge is -2.32. The summed E-state index contributed by atoms with van der Waals surface area (Å²) < 4.78 is 14.6. The van der Waals surface area contributed by atoms with E-state index in [1.165, 1.54) is 35.6 Å². The molecule has 29 heavy (non-hydrogen) atoms. The van der Waals surface area contributed by atoms with Crippen molar-refractivity contribution in [2.75, 3.05) is 18.4 Å². The van der Waals surface area contributed by atoms with Gasteiger partial charge in [-0.2, -0.15) is 0 Å². The standard InChI is InChI=1S/C20H22FN5O2S/c1-13-12-29-20-24-17(10-18(27)26(13)20)11-25-8-6-16(7-9-25)23-19(28)22-15-4-2-14(21)3-5-15/h2-5,10,12,16H,6-9,11H2,1H3,(H2,22,23,28). The third-order valence-electron chi connectivity index (χ3n) is 5.04. The van der Waals surface area contributed by atoms with Crippen LogP contribution in [0, 0.1) is 12.7 Å². The first-order valence-corrected chi connectivity index (χ1v) is 10.4. The van der Waals surface area contributed by atoms with E-state index in [-0.39, 0.29) is 23.4 Å². The molecule has 2 amide bonds. The van der Waals surface area contributed by atoms with Crippen molar-refractivity contribution in [1.29, 1.82) is 0 Å². The molecule has 0 bridgehead atoms. The molecule has 1 aromatic carbocycles. The number of anilines is 1. The van der Waals surface area contributed by atoms with Gasteiger partial charge in [-0.25, -0.2) is 14.2 Å². The molecule has 0 radical (unpaired) electrons. The molecule has 4 rings (SSSR count). The van der Waals surface area contributed by atoms with Crippen LogP contribution in [0.25, 0.3) is 4.96 Å². The number of halogens is 1. The van der Waals surface area contributed by atoms with Crippen LogP contribution >= 0.6 is 11.3 Å². The number of benzene rings is 1. The van der Waals surface area contributed by atoms with Gasteiger partial charge in [0.1, 0.15) is 5.82 Å². The van der Waals surface area contributed by atoms with Gasteiger partial charge in [0.05, 0.1) is 5.69 Å². The van der Waals surface area contributed by atoms with Crippen LogP contribution < -0.4 is 16.2 Å². The highest BCUT2D eigenvalue weighted by Gasteiger charge is 2.21. The van der Waals surface area contributed by atoms with Gasteiger partial charge in [0, 0.05) is 48.5 Å². The number of nitrogens with one attached hydrogen (secondary N) is 2. The van der Waals surface area contributed by atoms with Crippen molar-refractivity contribution in [3.8, 4) is 0 Å². The van der Waals surface area contributed by atoms with E-state index in [0.717, 1.165) is 42.3 Å². The Labute approximate surface area is 171 Å². The number of aryl methyl sites for hydroxylation is 1. The number of carbonyl (C=O) groups excluding carboxylic acids is 1. The second-order valence-corrected chi connectivity index (χ2v) is 8.07. The fraction of sp³-hybridized carbons (Fsp3) is 0.350. The van der Waals surface area contributed by atoms with Crippen LogP contribution in [0.2, 0.25) is 0 Å². The maximum atomic E-state index is 12.9. The lowest BCUT2D eigenvalue weighted by molar-refractivity contribution is 0.188. The van der Waals surface area contributed by atoms with E-state index in [4.69, 9.17) is 0 Å². The highest BCUT2D eigenvalue weighted by atomic mass is 32.1. The first-order valence-electron chi connectivity index (χ1n) is 9.50. The maximum Gasteiger partial charge on any atom is 0.319 e. The molecule has 1 aliphatic rings. The summed E-state index contributed by atoms with van der Waals surface area (Å²) in [5.74, 6) is -0.339. The Hall–Kier alpha value is -2.78. The van der Waals surface area contributed by atoms with E-state index >= 15 is 0 Å². The zero-order valence-electron chi connectivity index (χ0n) is 16.0. The predicted octanol–water partition coefficient (Wildman–Crippen LogP) is 2.99. The smallest absolute Gasteiger partial charge is 0.319 e. The monoisotopic (exact) mass is 415 g/mol. The Kier molecular flexibility index (Phi) is 5.59. The Bertz CT molecular complexity index is 1070. The summed E-state index contributed by atoms with van der Waals surface area (Å²) in [5.41, 5.74) is 2.19. The number of carbonyl (C=O) groups is 1. The van der Waals surface area contributed by atoms with Crippen molar-refractivity contribution < 1.29 is 9.18 Å². The summed E-state index contributed by atoms with van der Waals surface area (Å²) in [5, 5.41) is 7.61. The van der Waals surface area contributed by atoms with Gasteiger partial charge in [-0.05, 0) is 44.0 Å². The second-order valence-electron chi connectivity index (χ2n) is 7.24. The molecule has 7 nitrogen and oxygen atoms in total. The Morgan fingerprint density at radius 2 is 2.00 bits per heavy atom. The molecule has 0 saturated carbocycles. The number of piperidine rings is 1. The minimum absolute atomic E-state index is 0.0437. The van der Waals surface area contributed by atoms with Gasteiger partial charge in [-0.3, -0.25) is 14.1 Å². The maximum absolute atomic E-state index is 12.9. The first kappa shape index (κ1) is 19.5. The fourth-order valence-electron chi connectivity index (χ4n) is 3.53. The molecule has 0 spiro atoms. The molecule has 3 heterocycles. The summed E-state index contributed by atoms with van der Waals surface area (Å²) >= 11 is 1.47. The fourth-order valence-corrected chi connectivity index (χ4v) is 4.42. The zero-order chi connectivity index (χ0) is 20.4. The number of hydrogen-bond donors (Lipinski definition) is 2. The summed E-state index contributed by atoms with van der Waals surface area (Å²) in [4.78, 5) is 32.0. The Morgan fingerprint density at radius 1 is 1.28 bits per heavy atom. The molecule has 2 aromatic heterocycles. The quantitative estimate of drug-likeness (QED) is 0.687. The number of thiazole rings is 1. The summed E-state index contributed by atoms with van der Waals surface area (Å²) in [7, 11) is 0. The number of nitrogens with zero attached hydrogens (tertiary/aromatic N) is 3. The van der Waals surface area contributed by atoms with Crippen LogP contribution in [0.15, 0.2) is 40.5 Å². The molecule has 0 aliphatic carbocycles. The molecule has 0 atom stereocenters. The van der Waals surface area contributed by atoms with Crippen LogP contribution in [-0.4, -0.2) is 39.4 Å². The average Bonchev–Trinajstić information content (AvgIpc) is 3.06. The Morgan fingerprint density at radius 3 is 2.72 bits per heavy atom. The summed E-state index contributed by atoms with van der Waals surface area (Å²) in [6, 6.07) is 7.06.